The third-order valence-electron chi connectivity index (χ3n) is 3.93. The zero-order valence-electron chi connectivity index (χ0n) is 14.2. The summed E-state index contributed by atoms with van der Waals surface area (Å²) in [6, 6.07) is 20.4. The highest BCUT2D eigenvalue weighted by Gasteiger charge is 2.19. The number of furan rings is 1. The highest BCUT2D eigenvalue weighted by atomic mass is 79.9. The second-order valence-corrected chi connectivity index (χ2v) is 6.71. The van der Waals surface area contributed by atoms with Crippen LogP contribution in [0.5, 0.6) is 0 Å². The third-order valence-corrected chi connectivity index (χ3v) is 4.45. The maximum absolute atomic E-state index is 12.9. The molecule has 0 saturated carbocycles. The molecule has 0 fully saturated rings. The van der Waals surface area contributed by atoms with Gasteiger partial charge >= 0.3 is 0 Å². The van der Waals surface area contributed by atoms with Crippen molar-refractivity contribution in [3.05, 3.63) is 88.6 Å². The Labute approximate surface area is 164 Å². The van der Waals surface area contributed by atoms with Gasteiger partial charge in [0.2, 0.25) is 11.8 Å². The summed E-state index contributed by atoms with van der Waals surface area (Å²) in [6.07, 6.45) is 1.55. The molecule has 0 bridgehead atoms. The van der Waals surface area contributed by atoms with Crippen LogP contribution in [0.25, 0.3) is 11.6 Å². The van der Waals surface area contributed by atoms with E-state index in [2.05, 4.69) is 31.3 Å². The lowest BCUT2D eigenvalue weighted by atomic mass is 10.2. The topological polar surface area (TPSA) is 73.0 Å². The molecule has 0 spiro atoms. The second-order valence-electron chi connectivity index (χ2n) is 5.80. The average Bonchev–Trinajstić information content (AvgIpc) is 3.37. The Morgan fingerprint density at radius 1 is 1.04 bits per heavy atom. The lowest BCUT2D eigenvalue weighted by Gasteiger charge is -2.07. The molecule has 0 radical (unpaired) electrons. The molecule has 2 heterocycles. The van der Waals surface area contributed by atoms with E-state index in [0.717, 1.165) is 10.0 Å². The van der Waals surface area contributed by atoms with Gasteiger partial charge in [-0.2, -0.15) is 9.67 Å². The number of hydrogen-bond donors (Lipinski definition) is 1. The van der Waals surface area contributed by atoms with Crippen LogP contribution in [0.4, 0.5) is 5.95 Å². The van der Waals surface area contributed by atoms with Crippen molar-refractivity contribution in [2.45, 2.75) is 6.54 Å². The molecular formula is C20H15BrN4O2. The van der Waals surface area contributed by atoms with Crippen molar-refractivity contribution in [2.24, 2.45) is 0 Å². The molecule has 0 saturated heterocycles. The van der Waals surface area contributed by atoms with Crippen molar-refractivity contribution in [3.63, 3.8) is 0 Å². The van der Waals surface area contributed by atoms with Gasteiger partial charge in [0, 0.05) is 16.6 Å². The number of benzene rings is 2. The number of hydrogen-bond acceptors (Lipinski definition) is 5. The molecule has 1 N–H and O–H groups in total. The van der Waals surface area contributed by atoms with Gasteiger partial charge in [-0.25, -0.2) is 0 Å². The number of anilines is 1. The molecule has 0 aliphatic rings. The van der Waals surface area contributed by atoms with Crippen molar-refractivity contribution >= 4 is 27.8 Å². The minimum absolute atomic E-state index is 0.265. The number of halogens is 1. The van der Waals surface area contributed by atoms with E-state index in [4.69, 9.17) is 4.42 Å². The largest absolute Gasteiger partial charge is 0.461 e. The van der Waals surface area contributed by atoms with Crippen LogP contribution in [0.2, 0.25) is 0 Å². The van der Waals surface area contributed by atoms with Crippen LogP contribution in [-0.4, -0.2) is 20.7 Å². The van der Waals surface area contributed by atoms with Crippen LogP contribution in [0, 0.1) is 0 Å². The maximum atomic E-state index is 12.9. The fourth-order valence-corrected chi connectivity index (χ4v) is 2.83. The average molecular weight is 423 g/mol. The molecule has 6 nitrogen and oxygen atoms in total. The third kappa shape index (κ3) is 3.83. The monoisotopic (exact) mass is 422 g/mol. The summed E-state index contributed by atoms with van der Waals surface area (Å²) in [5.41, 5.74) is 1.58. The molecule has 0 atom stereocenters. The van der Waals surface area contributed by atoms with Gasteiger partial charge in [-0.1, -0.05) is 46.3 Å². The Balaban J connectivity index is 1.66. The molecule has 134 valence electrons. The van der Waals surface area contributed by atoms with Crippen LogP contribution in [0.1, 0.15) is 15.9 Å². The first-order valence-corrected chi connectivity index (χ1v) is 9.09. The Bertz CT molecular complexity index is 1040. The molecule has 2 aromatic heterocycles. The Kier molecular flexibility index (Phi) is 4.84. The number of nitrogens with one attached hydrogen (secondary N) is 1. The summed E-state index contributed by atoms with van der Waals surface area (Å²) in [6.45, 7) is 0.506. The van der Waals surface area contributed by atoms with E-state index >= 15 is 0 Å². The molecule has 0 amide bonds. The molecule has 7 heteroatoms. The number of carbonyl (C=O) groups excluding carboxylic acids is 1. The van der Waals surface area contributed by atoms with E-state index in [-0.39, 0.29) is 5.91 Å². The first kappa shape index (κ1) is 17.2. The second kappa shape index (κ2) is 7.59. The fraction of sp³-hybridized carbons (Fsp3) is 0.0500. The normalized spacial score (nSPS) is 10.7. The highest BCUT2D eigenvalue weighted by molar-refractivity contribution is 9.10. The van der Waals surface area contributed by atoms with Crippen molar-refractivity contribution < 1.29 is 9.21 Å². The lowest BCUT2D eigenvalue weighted by molar-refractivity contribution is 0.0947. The maximum Gasteiger partial charge on any atom is 0.281 e. The minimum Gasteiger partial charge on any atom is -0.461 e. The Hall–Kier alpha value is -3.19. The lowest BCUT2D eigenvalue weighted by Crippen LogP contribution is -2.17. The van der Waals surface area contributed by atoms with E-state index in [1.54, 1.807) is 30.5 Å². The molecule has 27 heavy (non-hydrogen) atoms. The molecular weight excluding hydrogens is 408 g/mol. The van der Waals surface area contributed by atoms with Crippen LogP contribution in [0.3, 0.4) is 0 Å². The number of rotatable bonds is 5. The van der Waals surface area contributed by atoms with Crippen molar-refractivity contribution in [1.29, 1.82) is 0 Å². The van der Waals surface area contributed by atoms with Gasteiger partial charge in [-0.15, -0.1) is 5.10 Å². The predicted molar refractivity (Wildman–Crippen MR) is 105 cm³/mol. The van der Waals surface area contributed by atoms with Gasteiger partial charge in [-0.3, -0.25) is 4.79 Å². The molecule has 2 aromatic carbocycles. The summed E-state index contributed by atoms with van der Waals surface area (Å²) in [7, 11) is 0. The van der Waals surface area contributed by atoms with Crippen LogP contribution in [-0.2, 0) is 6.54 Å². The van der Waals surface area contributed by atoms with Crippen LogP contribution in [0.15, 0.2) is 81.9 Å². The fourth-order valence-electron chi connectivity index (χ4n) is 2.56. The number of carbonyl (C=O) groups is 1. The first-order chi connectivity index (χ1) is 13.2. The van der Waals surface area contributed by atoms with E-state index in [1.165, 1.54) is 4.68 Å². The van der Waals surface area contributed by atoms with Crippen LogP contribution >= 0.6 is 15.9 Å². The summed E-state index contributed by atoms with van der Waals surface area (Å²) in [5, 5.41) is 7.54. The van der Waals surface area contributed by atoms with Gasteiger partial charge in [0.05, 0.1) is 6.26 Å². The standard InChI is InChI=1S/C20H15BrN4O2/c21-16-10-8-14(9-11-16)13-22-20-23-18(17-7-4-12-27-17)24-25(20)19(26)15-5-2-1-3-6-15/h1-12H,13H2,(H,22,23,24). The predicted octanol–water partition coefficient (Wildman–Crippen LogP) is 4.60. The molecule has 0 aliphatic carbocycles. The quantitative estimate of drug-likeness (QED) is 0.508. The minimum atomic E-state index is -0.265. The van der Waals surface area contributed by atoms with E-state index in [0.29, 0.717) is 29.6 Å². The van der Waals surface area contributed by atoms with Gasteiger partial charge in [0.1, 0.15) is 0 Å². The van der Waals surface area contributed by atoms with E-state index in [9.17, 15) is 4.79 Å². The summed E-state index contributed by atoms with van der Waals surface area (Å²) < 4.78 is 7.64. The molecule has 4 rings (SSSR count). The van der Waals surface area contributed by atoms with Gasteiger partial charge in [0.15, 0.2) is 5.76 Å². The summed E-state index contributed by atoms with van der Waals surface area (Å²) in [5.74, 6) is 0.946. The van der Waals surface area contributed by atoms with Crippen LogP contribution < -0.4 is 5.32 Å². The van der Waals surface area contributed by atoms with E-state index in [1.807, 2.05) is 42.5 Å². The molecule has 0 aliphatic heterocycles. The highest BCUT2D eigenvalue weighted by Crippen LogP contribution is 2.20. The summed E-state index contributed by atoms with van der Waals surface area (Å²) >= 11 is 3.42. The zero-order valence-corrected chi connectivity index (χ0v) is 15.8. The zero-order chi connectivity index (χ0) is 18.6. The first-order valence-electron chi connectivity index (χ1n) is 8.30. The van der Waals surface area contributed by atoms with Gasteiger partial charge < -0.3 is 9.73 Å². The Morgan fingerprint density at radius 3 is 2.52 bits per heavy atom. The SMILES string of the molecule is O=C(c1ccccc1)n1nc(-c2ccco2)nc1NCc1ccc(Br)cc1. The smallest absolute Gasteiger partial charge is 0.281 e. The molecule has 4 aromatic rings. The van der Waals surface area contributed by atoms with E-state index < -0.39 is 0 Å². The summed E-state index contributed by atoms with van der Waals surface area (Å²) in [4.78, 5) is 17.3. The van der Waals surface area contributed by atoms with Crippen molar-refractivity contribution in [1.82, 2.24) is 14.8 Å². The van der Waals surface area contributed by atoms with Gasteiger partial charge in [-0.05, 0) is 42.0 Å². The van der Waals surface area contributed by atoms with Gasteiger partial charge in [0.25, 0.3) is 5.91 Å². The molecule has 0 unspecified atom stereocenters. The Morgan fingerprint density at radius 2 is 1.81 bits per heavy atom. The van der Waals surface area contributed by atoms with Crippen molar-refractivity contribution in [3.8, 4) is 11.6 Å². The number of nitrogens with zero attached hydrogens (tertiary/aromatic N) is 3. The number of aromatic nitrogens is 3. The van der Waals surface area contributed by atoms with Crippen molar-refractivity contribution in [2.75, 3.05) is 5.32 Å².